The summed E-state index contributed by atoms with van der Waals surface area (Å²) in [5, 5.41) is 17.7. The highest BCUT2D eigenvalue weighted by molar-refractivity contribution is 5.75. The monoisotopic (exact) mass is 191 g/mol. The third-order valence-corrected chi connectivity index (χ3v) is 1.26. The average Bonchev–Trinajstić information content (AvgIpc) is 1.98. The van der Waals surface area contributed by atoms with E-state index in [4.69, 9.17) is 15.6 Å². The lowest BCUT2D eigenvalue weighted by Gasteiger charge is -2.23. The number of esters is 1. The fraction of sp³-hybridized carbons (Fsp3) is 0.875. The first-order valence-corrected chi connectivity index (χ1v) is 4.05. The van der Waals surface area contributed by atoms with Gasteiger partial charge in [-0.3, -0.25) is 0 Å². The summed E-state index contributed by atoms with van der Waals surface area (Å²) < 4.78 is 4.84. The molecule has 0 amide bonds. The van der Waals surface area contributed by atoms with Gasteiger partial charge in [0.05, 0.1) is 12.6 Å². The van der Waals surface area contributed by atoms with Crippen LogP contribution < -0.4 is 5.73 Å². The molecule has 0 aromatic heterocycles. The summed E-state index contributed by atoms with van der Waals surface area (Å²) in [5.41, 5.74) is 4.58. The molecule has 0 bridgehead atoms. The zero-order valence-electron chi connectivity index (χ0n) is 8.15. The molecule has 0 spiro atoms. The summed E-state index contributed by atoms with van der Waals surface area (Å²) in [6, 6.07) is -0.991. The van der Waals surface area contributed by atoms with Gasteiger partial charge in [0.2, 0.25) is 0 Å². The number of rotatable bonds is 3. The quantitative estimate of drug-likeness (QED) is 0.498. The fourth-order valence-corrected chi connectivity index (χ4v) is 0.637. The number of nitrogens with two attached hydrogens (primary N) is 1. The summed E-state index contributed by atoms with van der Waals surface area (Å²) in [4.78, 5) is 11.1. The zero-order chi connectivity index (χ0) is 10.6. The Labute approximate surface area is 77.5 Å². The van der Waals surface area contributed by atoms with Crippen LogP contribution in [0.3, 0.4) is 0 Å². The van der Waals surface area contributed by atoms with Crippen molar-refractivity contribution < 1.29 is 19.7 Å². The van der Waals surface area contributed by atoms with E-state index in [2.05, 4.69) is 0 Å². The minimum Gasteiger partial charge on any atom is -0.458 e. The minimum absolute atomic E-state index is 0.458. The number of hydrogen-bond acceptors (Lipinski definition) is 5. The Morgan fingerprint density at radius 2 is 2.00 bits per heavy atom. The molecule has 0 saturated heterocycles. The van der Waals surface area contributed by atoms with E-state index in [-0.39, 0.29) is 0 Å². The van der Waals surface area contributed by atoms with Gasteiger partial charge >= 0.3 is 5.97 Å². The van der Waals surface area contributed by atoms with E-state index in [0.717, 1.165) is 0 Å². The van der Waals surface area contributed by atoms with Crippen LogP contribution in [-0.4, -0.2) is 40.5 Å². The topological polar surface area (TPSA) is 92.8 Å². The van der Waals surface area contributed by atoms with Crippen LogP contribution in [0.2, 0.25) is 0 Å². The Morgan fingerprint density at radius 3 is 2.31 bits per heavy atom. The molecule has 0 aliphatic heterocycles. The largest absolute Gasteiger partial charge is 0.458 e. The fourth-order valence-electron chi connectivity index (χ4n) is 0.637. The second kappa shape index (κ2) is 4.55. The van der Waals surface area contributed by atoms with Gasteiger partial charge in [-0.1, -0.05) is 0 Å². The summed E-state index contributed by atoms with van der Waals surface area (Å²) in [5.74, 6) is -0.811. The molecule has 0 heterocycles. The normalized spacial score (nSPS) is 16.5. The van der Waals surface area contributed by atoms with Crippen LogP contribution in [0.5, 0.6) is 0 Å². The zero-order valence-corrected chi connectivity index (χ0v) is 8.15. The number of ether oxygens (including phenoxy) is 1. The molecule has 0 fully saturated rings. The Balaban J connectivity index is 4.12. The lowest BCUT2D eigenvalue weighted by molar-refractivity contribution is -0.166. The molecule has 2 atom stereocenters. The molecular formula is C8H17NO4. The van der Waals surface area contributed by atoms with Crippen molar-refractivity contribution >= 4 is 5.97 Å². The Kier molecular flexibility index (Phi) is 4.32. The molecule has 2 unspecified atom stereocenters. The van der Waals surface area contributed by atoms with E-state index < -0.39 is 30.3 Å². The van der Waals surface area contributed by atoms with Gasteiger partial charge in [0.1, 0.15) is 5.60 Å². The molecule has 4 N–H and O–H groups in total. The predicted molar refractivity (Wildman–Crippen MR) is 46.9 cm³/mol. The second-order valence-corrected chi connectivity index (χ2v) is 3.82. The highest BCUT2D eigenvalue weighted by Crippen LogP contribution is 2.09. The van der Waals surface area contributed by atoms with E-state index >= 15 is 0 Å². The molecular weight excluding hydrogens is 174 g/mol. The van der Waals surface area contributed by atoms with Gasteiger partial charge in [-0.2, -0.15) is 0 Å². The van der Waals surface area contributed by atoms with Gasteiger partial charge in [0.15, 0.2) is 6.10 Å². The minimum atomic E-state index is -1.47. The number of aliphatic hydroxyl groups is 2. The van der Waals surface area contributed by atoms with E-state index in [1.165, 1.54) is 0 Å². The molecule has 0 radical (unpaired) electrons. The standard InChI is InChI=1S/C8H17NO4/c1-8(2,3)13-7(12)6(11)5(9)4-10/h5-6,10-11H,4,9H2,1-3H3. The van der Waals surface area contributed by atoms with Crippen molar-refractivity contribution in [2.24, 2.45) is 5.73 Å². The molecule has 5 heteroatoms. The van der Waals surface area contributed by atoms with E-state index in [0.29, 0.717) is 0 Å². The lowest BCUT2D eigenvalue weighted by Crippen LogP contribution is -2.45. The summed E-state index contributed by atoms with van der Waals surface area (Å²) >= 11 is 0. The molecule has 0 rings (SSSR count). The van der Waals surface area contributed by atoms with Crippen molar-refractivity contribution in [3.63, 3.8) is 0 Å². The van der Waals surface area contributed by atoms with E-state index in [1.807, 2.05) is 0 Å². The summed E-state index contributed by atoms with van der Waals surface area (Å²) in [7, 11) is 0. The van der Waals surface area contributed by atoms with Crippen LogP contribution >= 0.6 is 0 Å². The summed E-state index contributed by atoms with van der Waals surface area (Å²) in [6.45, 7) is 4.59. The lowest BCUT2D eigenvalue weighted by atomic mass is 10.1. The molecule has 0 aliphatic rings. The maximum absolute atomic E-state index is 11.1. The molecule has 5 nitrogen and oxygen atoms in total. The maximum atomic E-state index is 11.1. The summed E-state index contributed by atoms with van der Waals surface area (Å²) in [6.07, 6.45) is -1.47. The van der Waals surface area contributed by atoms with Gasteiger partial charge in [-0.15, -0.1) is 0 Å². The number of carbonyl (C=O) groups excluding carboxylic acids is 1. The van der Waals surface area contributed by atoms with Crippen molar-refractivity contribution in [3.8, 4) is 0 Å². The SMILES string of the molecule is CC(C)(C)OC(=O)C(O)C(N)CO. The van der Waals surface area contributed by atoms with E-state index in [9.17, 15) is 9.90 Å². The molecule has 0 saturated carbocycles. The van der Waals surface area contributed by atoms with Crippen molar-refractivity contribution in [2.45, 2.75) is 38.5 Å². The van der Waals surface area contributed by atoms with Gasteiger partial charge in [0, 0.05) is 0 Å². The maximum Gasteiger partial charge on any atom is 0.337 e. The van der Waals surface area contributed by atoms with E-state index in [1.54, 1.807) is 20.8 Å². The van der Waals surface area contributed by atoms with Crippen LogP contribution in [0.1, 0.15) is 20.8 Å². The highest BCUT2D eigenvalue weighted by Gasteiger charge is 2.27. The Hall–Kier alpha value is -0.650. The van der Waals surface area contributed by atoms with Gasteiger partial charge in [-0.05, 0) is 20.8 Å². The van der Waals surface area contributed by atoms with Crippen molar-refractivity contribution in [3.05, 3.63) is 0 Å². The van der Waals surface area contributed by atoms with Gasteiger partial charge in [-0.25, -0.2) is 4.79 Å². The number of carbonyl (C=O) groups is 1. The van der Waals surface area contributed by atoms with Crippen LogP contribution in [0.4, 0.5) is 0 Å². The van der Waals surface area contributed by atoms with Crippen LogP contribution in [0, 0.1) is 0 Å². The molecule has 13 heavy (non-hydrogen) atoms. The van der Waals surface area contributed by atoms with Crippen molar-refractivity contribution in [1.82, 2.24) is 0 Å². The second-order valence-electron chi connectivity index (χ2n) is 3.82. The van der Waals surface area contributed by atoms with Crippen LogP contribution in [0.15, 0.2) is 0 Å². The highest BCUT2D eigenvalue weighted by atomic mass is 16.6. The molecule has 0 aromatic carbocycles. The van der Waals surface area contributed by atoms with Crippen LogP contribution in [-0.2, 0) is 9.53 Å². The smallest absolute Gasteiger partial charge is 0.337 e. The third-order valence-electron chi connectivity index (χ3n) is 1.26. The Morgan fingerprint density at radius 1 is 1.54 bits per heavy atom. The molecule has 0 aliphatic carbocycles. The average molecular weight is 191 g/mol. The Bertz CT molecular complexity index is 175. The predicted octanol–water partition coefficient (Wildman–Crippen LogP) is -0.991. The van der Waals surface area contributed by atoms with Crippen LogP contribution in [0.25, 0.3) is 0 Å². The van der Waals surface area contributed by atoms with Gasteiger partial charge < -0.3 is 20.7 Å². The first kappa shape index (κ1) is 12.3. The first-order valence-electron chi connectivity index (χ1n) is 4.05. The molecule has 0 aromatic rings. The molecule has 78 valence electrons. The van der Waals surface area contributed by atoms with Gasteiger partial charge in [0.25, 0.3) is 0 Å². The third kappa shape index (κ3) is 4.82. The van der Waals surface area contributed by atoms with Crippen molar-refractivity contribution in [1.29, 1.82) is 0 Å². The first-order chi connectivity index (χ1) is 5.78. The number of aliphatic hydroxyl groups excluding tert-OH is 2. The number of hydrogen-bond donors (Lipinski definition) is 3. The van der Waals surface area contributed by atoms with Crippen molar-refractivity contribution in [2.75, 3.05) is 6.61 Å².